The molecule has 1 aromatic rings. The minimum absolute atomic E-state index is 0.777. The van der Waals surface area contributed by atoms with Crippen molar-refractivity contribution in [3.63, 3.8) is 0 Å². The van der Waals surface area contributed by atoms with Crippen molar-refractivity contribution in [2.45, 2.75) is 39.3 Å². The van der Waals surface area contributed by atoms with Crippen LogP contribution in [0.25, 0.3) is 0 Å². The second-order valence-electron chi connectivity index (χ2n) is 6.03. The van der Waals surface area contributed by atoms with E-state index in [2.05, 4.69) is 42.3 Å². The van der Waals surface area contributed by atoms with Crippen LogP contribution in [0.1, 0.15) is 29.5 Å². The first-order valence-corrected chi connectivity index (χ1v) is 7.25. The highest BCUT2D eigenvalue weighted by atomic mass is 15.2. The number of aryl methyl sites for hydroxylation is 2. The predicted molar refractivity (Wildman–Crippen MR) is 75.7 cm³/mol. The number of hydrogen-bond acceptors (Lipinski definition) is 2. The molecule has 2 nitrogen and oxygen atoms in total. The summed E-state index contributed by atoms with van der Waals surface area (Å²) in [5.74, 6) is 0.892. The van der Waals surface area contributed by atoms with E-state index in [9.17, 15) is 0 Å². The van der Waals surface area contributed by atoms with Gasteiger partial charge in [0.2, 0.25) is 0 Å². The number of nitrogens with one attached hydrogen (secondary N) is 1. The lowest BCUT2D eigenvalue weighted by Crippen LogP contribution is -2.44. The number of likely N-dealkylation sites (tertiary alicyclic amines) is 1. The molecule has 0 saturated carbocycles. The molecule has 2 aliphatic heterocycles. The molecule has 2 fully saturated rings. The summed E-state index contributed by atoms with van der Waals surface area (Å²) < 4.78 is 0. The first-order chi connectivity index (χ1) is 8.74. The maximum Gasteiger partial charge on any atom is 0.0264 e. The van der Waals surface area contributed by atoms with Crippen LogP contribution >= 0.6 is 0 Å². The van der Waals surface area contributed by atoms with Gasteiger partial charge in [0.05, 0.1) is 0 Å². The molecule has 0 aromatic heterocycles. The Hall–Kier alpha value is -0.860. The van der Waals surface area contributed by atoms with E-state index >= 15 is 0 Å². The summed E-state index contributed by atoms with van der Waals surface area (Å²) in [4.78, 5) is 2.70. The molecule has 0 spiro atoms. The molecule has 2 saturated heterocycles. The van der Waals surface area contributed by atoms with E-state index in [1.165, 1.54) is 49.2 Å². The Morgan fingerprint density at radius 2 is 2.17 bits per heavy atom. The first kappa shape index (κ1) is 12.2. The smallest absolute Gasteiger partial charge is 0.0264 e. The highest BCUT2D eigenvalue weighted by molar-refractivity contribution is 5.30. The Kier molecular flexibility index (Phi) is 3.40. The summed E-state index contributed by atoms with van der Waals surface area (Å²) in [6.07, 6.45) is 2.79. The van der Waals surface area contributed by atoms with Crippen LogP contribution in [0.3, 0.4) is 0 Å². The zero-order valence-corrected chi connectivity index (χ0v) is 11.6. The van der Waals surface area contributed by atoms with Crippen molar-refractivity contribution in [3.8, 4) is 0 Å². The van der Waals surface area contributed by atoms with Crippen LogP contribution in [0.2, 0.25) is 0 Å². The third kappa shape index (κ3) is 2.32. The fourth-order valence-electron chi connectivity index (χ4n) is 3.55. The summed E-state index contributed by atoms with van der Waals surface area (Å²) in [6.45, 7) is 9.26. The van der Waals surface area contributed by atoms with Gasteiger partial charge in [0.1, 0.15) is 0 Å². The summed E-state index contributed by atoms with van der Waals surface area (Å²) >= 11 is 0. The van der Waals surface area contributed by atoms with Crippen molar-refractivity contribution in [3.05, 3.63) is 34.9 Å². The molecule has 98 valence electrons. The average Bonchev–Trinajstić information content (AvgIpc) is 2.83. The van der Waals surface area contributed by atoms with Gasteiger partial charge in [-0.25, -0.2) is 0 Å². The Bertz CT molecular complexity index is 427. The van der Waals surface area contributed by atoms with Crippen LogP contribution in [0, 0.1) is 19.8 Å². The number of nitrogens with zero attached hydrogens (tertiary/aromatic N) is 1. The third-order valence-corrected chi connectivity index (χ3v) is 4.67. The first-order valence-electron chi connectivity index (χ1n) is 7.25. The largest absolute Gasteiger partial charge is 0.315 e. The standard InChI is InChI=1S/C16H24N2/c1-12-5-6-13(2)15(8-12)11-18-7-3-4-14-9-17-10-16(14)18/h5-6,8,14,16-17H,3-4,7,9-11H2,1-2H3. The zero-order valence-electron chi connectivity index (χ0n) is 11.6. The van der Waals surface area contributed by atoms with Crippen molar-refractivity contribution >= 4 is 0 Å². The number of benzene rings is 1. The number of fused-ring (bicyclic) bond motifs is 1. The van der Waals surface area contributed by atoms with Gasteiger partial charge in [0.25, 0.3) is 0 Å². The molecule has 3 rings (SSSR count). The predicted octanol–water partition coefficient (Wildman–Crippen LogP) is 2.49. The molecule has 2 unspecified atom stereocenters. The lowest BCUT2D eigenvalue weighted by atomic mass is 9.91. The Labute approximate surface area is 110 Å². The van der Waals surface area contributed by atoms with E-state index in [4.69, 9.17) is 0 Å². The second-order valence-corrected chi connectivity index (χ2v) is 6.03. The number of piperidine rings is 1. The monoisotopic (exact) mass is 244 g/mol. The Balaban J connectivity index is 1.77. The maximum absolute atomic E-state index is 3.56. The molecule has 2 atom stereocenters. The lowest BCUT2D eigenvalue weighted by Gasteiger charge is -2.37. The molecule has 0 aliphatic carbocycles. The van der Waals surface area contributed by atoms with Crippen molar-refractivity contribution < 1.29 is 0 Å². The van der Waals surface area contributed by atoms with Gasteiger partial charge in [0.15, 0.2) is 0 Å². The van der Waals surface area contributed by atoms with Gasteiger partial charge in [-0.3, -0.25) is 4.90 Å². The Morgan fingerprint density at radius 3 is 3.06 bits per heavy atom. The summed E-state index contributed by atoms with van der Waals surface area (Å²) in [7, 11) is 0. The van der Waals surface area contributed by atoms with E-state index < -0.39 is 0 Å². The third-order valence-electron chi connectivity index (χ3n) is 4.67. The molecule has 0 amide bonds. The van der Waals surface area contributed by atoms with E-state index in [1.807, 2.05) is 0 Å². The minimum Gasteiger partial charge on any atom is -0.315 e. The highest BCUT2D eigenvalue weighted by Crippen LogP contribution is 2.28. The molecular formula is C16H24N2. The minimum atomic E-state index is 0.777. The normalized spacial score (nSPS) is 28.3. The number of hydrogen-bond donors (Lipinski definition) is 1. The van der Waals surface area contributed by atoms with Crippen LogP contribution in [0.5, 0.6) is 0 Å². The molecule has 2 heterocycles. The van der Waals surface area contributed by atoms with Gasteiger partial charge < -0.3 is 5.32 Å². The van der Waals surface area contributed by atoms with Crippen molar-refractivity contribution in [2.75, 3.05) is 19.6 Å². The molecule has 2 aliphatic rings. The van der Waals surface area contributed by atoms with Crippen LogP contribution in [0.4, 0.5) is 0 Å². The molecule has 1 N–H and O–H groups in total. The number of rotatable bonds is 2. The Morgan fingerprint density at radius 1 is 1.28 bits per heavy atom. The highest BCUT2D eigenvalue weighted by Gasteiger charge is 2.34. The van der Waals surface area contributed by atoms with Crippen LogP contribution in [-0.4, -0.2) is 30.6 Å². The maximum atomic E-state index is 3.56. The van der Waals surface area contributed by atoms with Gasteiger partial charge in [-0.2, -0.15) is 0 Å². The van der Waals surface area contributed by atoms with E-state index in [1.54, 1.807) is 0 Å². The van der Waals surface area contributed by atoms with Crippen LogP contribution in [-0.2, 0) is 6.54 Å². The van der Waals surface area contributed by atoms with Crippen molar-refractivity contribution in [2.24, 2.45) is 5.92 Å². The van der Waals surface area contributed by atoms with Crippen LogP contribution in [0.15, 0.2) is 18.2 Å². The van der Waals surface area contributed by atoms with Gasteiger partial charge in [-0.15, -0.1) is 0 Å². The van der Waals surface area contributed by atoms with Crippen LogP contribution < -0.4 is 5.32 Å². The van der Waals surface area contributed by atoms with Crippen molar-refractivity contribution in [1.82, 2.24) is 10.2 Å². The quantitative estimate of drug-likeness (QED) is 0.860. The lowest BCUT2D eigenvalue weighted by molar-refractivity contribution is 0.117. The summed E-state index contributed by atoms with van der Waals surface area (Å²) in [6, 6.07) is 7.62. The fraction of sp³-hybridized carbons (Fsp3) is 0.625. The van der Waals surface area contributed by atoms with Crippen molar-refractivity contribution in [1.29, 1.82) is 0 Å². The van der Waals surface area contributed by atoms with Gasteiger partial charge in [-0.1, -0.05) is 23.8 Å². The average molecular weight is 244 g/mol. The summed E-state index contributed by atoms with van der Waals surface area (Å²) in [5.41, 5.74) is 4.34. The molecule has 1 aromatic carbocycles. The van der Waals surface area contributed by atoms with Gasteiger partial charge in [0, 0.05) is 19.1 Å². The molecule has 2 heteroatoms. The zero-order chi connectivity index (χ0) is 12.5. The molecular weight excluding hydrogens is 220 g/mol. The topological polar surface area (TPSA) is 15.3 Å². The van der Waals surface area contributed by atoms with E-state index in [-0.39, 0.29) is 0 Å². The molecule has 0 radical (unpaired) electrons. The van der Waals surface area contributed by atoms with E-state index in [0.717, 1.165) is 18.5 Å². The molecule has 18 heavy (non-hydrogen) atoms. The van der Waals surface area contributed by atoms with Gasteiger partial charge >= 0.3 is 0 Å². The fourth-order valence-corrected chi connectivity index (χ4v) is 3.55. The van der Waals surface area contributed by atoms with Gasteiger partial charge in [-0.05, 0) is 56.8 Å². The second kappa shape index (κ2) is 5.02. The van der Waals surface area contributed by atoms with E-state index in [0.29, 0.717) is 0 Å². The summed E-state index contributed by atoms with van der Waals surface area (Å²) in [5, 5.41) is 3.56. The SMILES string of the molecule is Cc1ccc(C)c(CN2CCCC3CNCC32)c1. The molecule has 0 bridgehead atoms.